The Bertz CT molecular complexity index is 1650. The van der Waals surface area contributed by atoms with Gasteiger partial charge in [-0.2, -0.15) is 0 Å². The average Bonchev–Trinajstić information content (AvgIpc) is 3.59. The van der Waals surface area contributed by atoms with Gasteiger partial charge in [0.1, 0.15) is 13.2 Å². The zero-order chi connectivity index (χ0) is 32.6. The van der Waals surface area contributed by atoms with Gasteiger partial charge in [-0.3, -0.25) is 19.2 Å². The standard InChI is InChI=1S/C34H24N2O10/c37-28-15-16-29(38)35(28)25-11-7-23(8-12-25)33(42)44-20-27(46-32(41)19-6-22-4-2-1-3-5-22)21-45-34(43)24-9-13-26(14-10-24)36-30(39)17-18-31(36)40/h1-19,27H,20-21H2/b19-6+. The Labute approximate surface area is 261 Å². The maximum absolute atomic E-state index is 12.8. The molecule has 5 rings (SSSR count). The van der Waals surface area contributed by atoms with Crippen molar-refractivity contribution >= 4 is 59.0 Å². The second-order valence-electron chi connectivity index (χ2n) is 9.78. The summed E-state index contributed by atoms with van der Waals surface area (Å²) in [5.41, 5.74) is 1.45. The Morgan fingerprint density at radius 1 is 0.587 bits per heavy atom. The van der Waals surface area contributed by atoms with E-state index in [1.807, 2.05) is 6.07 Å². The van der Waals surface area contributed by atoms with E-state index in [0.717, 1.165) is 39.7 Å². The highest BCUT2D eigenvalue weighted by Gasteiger charge is 2.27. The van der Waals surface area contributed by atoms with Crippen molar-refractivity contribution in [2.24, 2.45) is 0 Å². The molecular formula is C34H24N2O10. The summed E-state index contributed by atoms with van der Waals surface area (Å²) in [7, 11) is 0. The van der Waals surface area contributed by atoms with Crippen LogP contribution in [0.5, 0.6) is 0 Å². The van der Waals surface area contributed by atoms with Crippen LogP contribution in [0.1, 0.15) is 26.3 Å². The number of ether oxygens (including phenoxy) is 3. The second kappa shape index (κ2) is 13.9. The molecule has 46 heavy (non-hydrogen) atoms. The van der Waals surface area contributed by atoms with Gasteiger partial charge < -0.3 is 14.2 Å². The van der Waals surface area contributed by atoms with Crippen molar-refractivity contribution in [2.45, 2.75) is 6.10 Å². The molecule has 230 valence electrons. The summed E-state index contributed by atoms with van der Waals surface area (Å²) in [5.74, 6) is -4.41. The quantitative estimate of drug-likeness (QED) is 0.135. The minimum atomic E-state index is -1.20. The molecule has 0 aromatic heterocycles. The monoisotopic (exact) mass is 620 g/mol. The Kier molecular flexibility index (Phi) is 9.37. The van der Waals surface area contributed by atoms with E-state index < -0.39 is 60.9 Å². The van der Waals surface area contributed by atoms with Crippen LogP contribution in [0.3, 0.4) is 0 Å². The maximum atomic E-state index is 12.8. The first kappa shape index (κ1) is 31.0. The number of imide groups is 2. The molecule has 0 unspecified atom stereocenters. The summed E-state index contributed by atoms with van der Waals surface area (Å²) in [6, 6.07) is 20.0. The first-order chi connectivity index (χ1) is 22.2. The second-order valence-corrected chi connectivity index (χ2v) is 9.78. The van der Waals surface area contributed by atoms with Crippen LogP contribution in [0.2, 0.25) is 0 Å². The minimum absolute atomic E-state index is 0.0899. The fourth-order valence-corrected chi connectivity index (χ4v) is 4.35. The van der Waals surface area contributed by atoms with E-state index in [2.05, 4.69) is 0 Å². The fourth-order valence-electron chi connectivity index (χ4n) is 4.35. The van der Waals surface area contributed by atoms with Crippen LogP contribution >= 0.6 is 0 Å². The Balaban J connectivity index is 1.22. The van der Waals surface area contributed by atoms with Gasteiger partial charge in [-0.25, -0.2) is 24.2 Å². The van der Waals surface area contributed by atoms with Crippen LogP contribution in [0.25, 0.3) is 6.08 Å². The highest BCUT2D eigenvalue weighted by Crippen LogP contribution is 2.21. The molecule has 4 amide bonds. The maximum Gasteiger partial charge on any atom is 0.338 e. The molecule has 2 aliphatic heterocycles. The number of nitrogens with zero attached hydrogens (tertiary/aromatic N) is 2. The molecule has 0 radical (unpaired) electrons. The average molecular weight is 621 g/mol. The lowest BCUT2D eigenvalue weighted by molar-refractivity contribution is -0.147. The van der Waals surface area contributed by atoms with E-state index in [9.17, 15) is 33.6 Å². The minimum Gasteiger partial charge on any atom is -0.458 e. The number of carbonyl (C=O) groups excluding carboxylic acids is 7. The lowest BCUT2D eigenvalue weighted by atomic mass is 10.2. The number of amides is 4. The fraction of sp³-hybridized carbons (Fsp3) is 0.0882. The number of esters is 3. The van der Waals surface area contributed by atoms with Gasteiger partial charge in [0.2, 0.25) is 0 Å². The van der Waals surface area contributed by atoms with Crippen LogP contribution in [0.4, 0.5) is 11.4 Å². The van der Waals surface area contributed by atoms with E-state index >= 15 is 0 Å². The van der Waals surface area contributed by atoms with Crippen molar-refractivity contribution in [3.8, 4) is 0 Å². The first-order valence-corrected chi connectivity index (χ1v) is 13.8. The highest BCUT2D eigenvalue weighted by molar-refractivity contribution is 6.28. The summed E-state index contributed by atoms with van der Waals surface area (Å²) in [4.78, 5) is 87.6. The molecule has 0 atom stereocenters. The summed E-state index contributed by atoms with van der Waals surface area (Å²) in [5, 5.41) is 0. The largest absolute Gasteiger partial charge is 0.458 e. The topological polar surface area (TPSA) is 154 Å². The van der Waals surface area contributed by atoms with E-state index in [0.29, 0.717) is 0 Å². The molecule has 0 saturated carbocycles. The lowest BCUT2D eigenvalue weighted by Crippen LogP contribution is -2.31. The molecule has 12 nitrogen and oxygen atoms in total. The number of benzene rings is 3. The number of carbonyl (C=O) groups is 7. The molecule has 3 aromatic rings. The van der Waals surface area contributed by atoms with Crippen molar-refractivity contribution in [3.63, 3.8) is 0 Å². The van der Waals surface area contributed by atoms with Crippen molar-refractivity contribution in [1.82, 2.24) is 0 Å². The Hall–Kier alpha value is -6.43. The molecule has 0 N–H and O–H groups in total. The zero-order valence-corrected chi connectivity index (χ0v) is 23.9. The molecule has 2 heterocycles. The van der Waals surface area contributed by atoms with E-state index in [-0.39, 0.29) is 22.5 Å². The molecule has 2 aliphatic rings. The summed E-state index contributed by atoms with van der Waals surface area (Å²) >= 11 is 0. The molecule has 0 fully saturated rings. The van der Waals surface area contributed by atoms with Gasteiger partial charge in [0.15, 0.2) is 6.10 Å². The molecule has 12 heteroatoms. The van der Waals surface area contributed by atoms with E-state index in [1.165, 1.54) is 60.7 Å². The SMILES string of the molecule is O=C(/C=C/c1ccccc1)OC(COC(=O)c1ccc(N2C(=O)C=CC2=O)cc1)COC(=O)c1ccc(N2C(=O)C=CC2=O)cc1. The van der Waals surface area contributed by atoms with E-state index in [4.69, 9.17) is 14.2 Å². The number of hydrogen-bond acceptors (Lipinski definition) is 10. The summed E-state index contributed by atoms with van der Waals surface area (Å²) < 4.78 is 16.1. The Morgan fingerprint density at radius 2 is 1.00 bits per heavy atom. The van der Waals surface area contributed by atoms with Gasteiger partial charge >= 0.3 is 17.9 Å². The molecule has 0 bridgehead atoms. The first-order valence-electron chi connectivity index (χ1n) is 13.8. The number of anilines is 2. The van der Waals surface area contributed by atoms with Crippen LogP contribution < -0.4 is 9.80 Å². The van der Waals surface area contributed by atoms with E-state index in [1.54, 1.807) is 24.3 Å². The molecule has 0 spiro atoms. The van der Waals surface area contributed by atoms with Gasteiger partial charge in [0, 0.05) is 30.4 Å². The normalized spacial score (nSPS) is 14.1. The summed E-state index contributed by atoms with van der Waals surface area (Å²) in [6.45, 7) is -0.951. The lowest BCUT2D eigenvalue weighted by Gasteiger charge is -2.18. The Morgan fingerprint density at radius 3 is 1.41 bits per heavy atom. The van der Waals surface area contributed by atoms with Crippen molar-refractivity contribution in [3.05, 3.63) is 126 Å². The van der Waals surface area contributed by atoms with Gasteiger partial charge in [0.25, 0.3) is 23.6 Å². The molecule has 0 saturated heterocycles. The molecular weight excluding hydrogens is 596 g/mol. The van der Waals surface area contributed by atoms with Crippen LogP contribution in [0, 0.1) is 0 Å². The number of rotatable bonds is 11. The van der Waals surface area contributed by atoms with Crippen molar-refractivity contribution in [1.29, 1.82) is 0 Å². The van der Waals surface area contributed by atoms with Crippen LogP contribution in [0.15, 0.2) is 109 Å². The van der Waals surface area contributed by atoms with Crippen molar-refractivity contribution < 1.29 is 47.8 Å². The zero-order valence-electron chi connectivity index (χ0n) is 23.9. The van der Waals surface area contributed by atoms with Crippen LogP contribution in [-0.2, 0) is 38.2 Å². The molecule has 0 aliphatic carbocycles. The number of hydrogen-bond donors (Lipinski definition) is 0. The molecule has 3 aromatic carbocycles. The highest BCUT2D eigenvalue weighted by atomic mass is 16.6. The van der Waals surface area contributed by atoms with Gasteiger partial charge in [-0.05, 0) is 60.2 Å². The van der Waals surface area contributed by atoms with Gasteiger partial charge in [-0.15, -0.1) is 0 Å². The predicted octanol–water partition coefficient (Wildman–Crippen LogP) is 3.18. The smallest absolute Gasteiger partial charge is 0.338 e. The summed E-state index contributed by atoms with van der Waals surface area (Å²) in [6.07, 6.45) is 6.06. The third-order valence-corrected chi connectivity index (χ3v) is 6.64. The third kappa shape index (κ3) is 7.37. The van der Waals surface area contributed by atoms with Crippen molar-refractivity contribution in [2.75, 3.05) is 23.0 Å². The third-order valence-electron chi connectivity index (χ3n) is 6.64. The van der Waals surface area contributed by atoms with Gasteiger partial charge in [0.05, 0.1) is 22.5 Å². The van der Waals surface area contributed by atoms with Crippen LogP contribution in [-0.4, -0.2) is 60.9 Å². The predicted molar refractivity (Wildman–Crippen MR) is 162 cm³/mol. The van der Waals surface area contributed by atoms with Gasteiger partial charge in [-0.1, -0.05) is 30.3 Å².